The molecular formula is C32H41N3O6S2. The predicted molar refractivity (Wildman–Crippen MR) is 164 cm³/mol. The molecule has 6 unspecified atom stereocenters. The number of thiophene rings is 2. The third-order valence-corrected chi connectivity index (χ3v) is 10.6. The van der Waals surface area contributed by atoms with E-state index < -0.39 is 22.6 Å². The van der Waals surface area contributed by atoms with Crippen LogP contribution in [0.3, 0.4) is 0 Å². The smallest absolute Gasteiger partial charge is 0.410 e. The SMILES string of the molecule is CC(C)(C)OC(=O)N1CCC2C(C1)C2(C#N)c1ccsc1.CC(C)(C)OC(=O)N1CCC2C(C1)C2(C(=O)O)c1ccsc1. The molecule has 9 nitrogen and oxygen atoms in total. The van der Waals surface area contributed by atoms with Gasteiger partial charge in [-0.1, -0.05) is 0 Å². The quantitative estimate of drug-likeness (QED) is 0.421. The van der Waals surface area contributed by atoms with Gasteiger partial charge in [-0.05, 0) is 111 Å². The Hall–Kier alpha value is -3.10. The number of carboxylic acid groups (broad SMARTS) is 1. The molecule has 0 radical (unpaired) electrons. The number of aliphatic carboxylic acids is 1. The zero-order chi connectivity index (χ0) is 31.4. The van der Waals surface area contributed by atoms with Gasteiger partial charge in [0, 0.05) is 38.0 Å². The van der Waals surface area contributed by atoms with Gasteiger partial charge in [-0.15, -0.1) is 0 Å². The van der Waals surface area contributed by atoms with E-state index in [9.17, 15) is 24.8 Å². The number of piperidine rings is 2. The molecule has 2 aromatic heterocycles. The lowest BCUT2D eigenvalue weighted by molar-refractivity contribution is -0.140. The largest absolute Gasteiger partial charge is 0.481 e. The lowest BCUT2D eigenvalue weighted by atomic mass is 9.94. The number of ether oxygens (including phenoxy) is 2. The number of likely N-dealkylation sites (tertiary alicyclic amines) is 2. The van der Waals surface area contributed by atoms with Crippen LogP contribution >= 0.6 is 22.7 Å². The van der Waals surface area contributed by atoms with E-state index in [4.69, 9.17) is 9.47 Å². The van der Waals surface area contributed by atoms with E-state index in [1.54, 1.807) is 21.1 Å². The van der Waals surface area contributed by atoms with Crippen molar-refractivity contribution in [1.29, 1.82) is 5.26 Å². The molecule has 232 valence electrons. The molecule has 2 aromatic rings. The predicted octanol–water partition coefficient (Wildman–Crippen LogP) is 6.35. The van der Waals surface area contributed by atoms with Crippen LogP contribution in [-0.2, 0) is 25.1 Å². The Labute approximate surface area is 261 Å². The second kappa shape index (κ2) is 11.1. The maximum atomic E-state index is 12.2. The van der Waals surface area contributed by atoms with Crippen molar-refractivity contribution in [2.75, 3.05) is 26.2 Å². The average molecular weight is 628 g/mol. The summed E-state index contributed by atoms with van der Waals surface area (Å²) in [6, 6.07) is 6.48. The molecule has 43 heavy (non-hydrogen) atoms. The molecule has 11 heteroatoms. The lowest BCUT2D eigenvalue weighted by Gasteiger charge is -2.29. The minimum Gasteiger partial charge on any atom is -0.481 e. The Morgan fingerprint density at radius 3 is 1.77 bits per heavy atom. The van der Waals surface area contributed by atoms with E-state index in [1.165, 1.54) is 11.3 Å². The zero-order valence-corrected chi connectivity index (χ0v) is 27.3. The Kier molecular flexibility index (Phi) is 8.10. The standard InChI is InChI=1S/C16H20N2O2S.C16H21NO4S/c1-15(2,3)20-14(19)18-6-4-12-13(8-18)16(12,10-17)11-5-7-21-9-11;1-15(2,3)21-14(20)17-6-4-11-12(8-17)16(11,13(18)19)10-5-7-22-9-10/h5,7,9,12-13H,4,6,8H2,1-3H3;5,7,9,11-12H,4,6,8H2,1-3H3,(H,18,19). The number of hydrogen-bond donors (Lipinski definition) is 1. The molecule has 4 aliphatic rings. The topological polar surface area (TPSA) is 120 Å². The monoisotopic (exact) mass is 627 g/mol. The van der Waals surface area contributed by atoms with Crippen molar-refractivity contribution in [3.05, 3.63) is 44.8 Å². The first kappa shape index (κ1) is 31.3. The third kappa shape index (κ3) is 5.76. The highest BCUT2D eigenvalue weighted by molar-refractivity contribution is 7.08. The number of carbonyl (C=O) groups is 3. The van der Waals surface area contributed by atoms with Gasteiger partial charge in [-0.2, -0.15) is 27.9 Å². The summed E-state index contributed by atoms with van der Waals surface area (Å²) in [4.78, 5) is 39.7. The van der Waals surface area contributed by atoms with E-state index in [2.05, 4.69) is 11.4 Å². The number of carbonyl (C=O) groups excluding carboxylic acids is 2. The van der Waals surface area contributed by atoms with Gasteiger partial charge in [0.1, 0.15) is 16.6 Å². The van der Waals surface area contributed by atoms with Gasteiger partial charge >= 0.3 is 18.2 Å². The van der Waals surface area contributed by atoms with Gasteiger partial charge in [0.05, 0.1) is 11.5 Å². The summed E-state index contributed by atoms with van der Waals surface area (Å²) in [5.41, 5.74) is -0.193. The second-order valence-electron chi connectivity index (χ2n) is 14.0. The van der Waals surface area contributed by atoms with Gasteiger partial charge in [-0.3, -0.25) is 4.79 Å². The van der Waals surface area contributed by atoms with Crippen LogP contribution in [0.5, 0.6) is 0 Å². The first-order chi connectivity index (χ1) is 20.1. The number of nitriles is 1. The highest BCUT2D eigenvalue weighted by Gasteiger charge is 2.72. The van der Waals surface area contributed by atoms with E-state index in [-0.39, 0.29) is 35.4 Å². The zero-order valence-electron chi connectivity index (χ0n) is 25.7. The van der Waals surface area contributed by atoms with Gasteiger partial charge in [0.2, 0.25) is 0 Å². The molecule has 0 bridgehead atoms. The van der Waals surface area contributed by atoms with Crippen LogP contribution in [0.4, 0.5) is 9.59 Å². The molecule has 2 aliphatic carbocycles. The summed E-state index contributed by atoms with van der Waals surface area (Å²) in [5, 5.41) is 27.4. The molecule has 4 heterocycles. The first-order valence-electron chi connectivity index (χ1n) is 14.8. The third-order valence-electron chi connectivity index (χ3n) is 9.19. The van der Waals surface area contributed by atoms with Crippen molar-refractivity contribution in [2.45, 2.75) is 76.4 Å². The molecule has 2 saturated carbocycles. The number of carboxylic acids is 1. The number of fused-ring (bicyclic) bond motifs is 2. The summed E-state index contributed by atoms with van der Waals surface area (Å²) >= 11 is 3.14. The fourth-order valence-corrected chi connectivity index (χ4v) is 8.68. The number of nitrogens with zero attached hydrogens (tertiary/aromatic N) is 3. The van der Waals surface area contributed by atoms with Gasteiger partial charge in [-0.25, -0.2) is 9.59 Å². The molecule has 0 aromatic carbocycles. The molecule has 6 atom stereocenters. The average Bonchev–Trinajstić information content (AvgIpc) is 3.44. The van der Waals surface area contributed by atoms with Gasteiger partial charge in [0.25, 0.3) is 0 Å². The van der Waals surface area contributed by atoms with Crippen LogP contribution in [0.15, 0.2) is 33.7 Å². The highest BCUT2D eigenvalue weighted by Crippen LogP contribution is 2.64. The molecule has 2 saturated heterocycles. The van der Waals surface area contributed by atoms with Crippen molar-refractivity contribution < 1.29 is 29.0 Å². The fraction of sp³-hybridized carbons (Fsp3) is 0.625. The molecule has 6 rings (SSSR count). The molecule has 0 spiro atoms. The maximum absolute atomic E-state index is 12.2. The Balaban J connectivity index is 0.000000171. The van der Waals surface area contributed by atoms with Gasteiger partial charge < -0.3 is 24.4 Å². The number of amides is 2. The van der Waals surface area contributed by atoms with Crippen molar-refractivity contribution in [3.63, 3.8) is 0 Å². The molecule has 1 N–H and O–H groups in total. The van der Waals surface area contributed by atoms with Crippen LogP contribution in [0, 0.1) is 35.0 Å². The van der Waals surface area contributed by atoms with Crippen molar-refractivity contribution in [3.8, 4) is 6.07 Å². The van der Waals surface area contributed by atoms with Crippen LogP contribution in [0.1, 0.15) is 65.5 Å². The van der Waals surface area contributed by atoms with Crippen LogP contribution in [-0.4, -0.2) is 70.4 Å². The molecule has 2 aliphatic heterocycles. The number of hydrogen-bond acceptors (Lipinski definition) is 8. The minimum absolute atomic E-state index is 0.0131. The summed E-state index contributed by atoms with van der Waals surface area (Å²) in [7, 11) is 0. The van der Waals surface area contributed by atoms with Crippen molar-refractivity contribution in [1.82, 2.24) is 9.80 Å². The van der Waals surface area contributed by atoms with E-state index in [1.807, 2.05) is 69.8 Å². The second-order valence-corrected chi connectivity index (χ2v) is 15.6. The van der Waals surface area contributed by atoms with Crippen molar-refractivity contribution >= 4 is 40.8 Å². The summed E-state index contributed by atoms with van der Waals surface area (Å²) in [5.74, 6) is -0.0275. The first-order valence-corrected chi connectivity index (χ1v) is 16.7. The minimum atomic E-state index is -0.809. The molecule has 2 amide bonds. The van der Waals surface area contributed by atoms with Gasteiger partial charge in [0.15, 0.2) is 0 Å². The molecular weight excluding hydrogens is 587 g/mol. The fourth-order valence-electron chi connectivity index (χ4n) is 7.24. The summed E-state index contributed by atoms with van der Waals surface area (Å²) in [6.45, 7) is 13.5. The highest BCUT2D eigenvalue weighted by atomic mass is 32.1. The Morgan fingerprint density at radius 2 is 1.33 bits per heavy atom. The van der Waals surface area contributed by atoms with Crippen LogP contribution < -0.4 is 0 Å². The van der Waals surface area contributed by atoms with Crippen LogP contribution in [0.2, 0.25) is 0 Å². The Morgan fingerprint density at radius 1 is 0.837 bits per heavy atom. The lowest BCUT2D eigenvalue weighted by Crippen LogP contribution is -2.40. The van der Waals surface area contributed by atoms with E-state index in [0.29, 0.717) is 38.5 Å². The number of rotatable bonds is 3. The summed E-state index contributed by atoms with van der Waals surface area (Å²) in [6.07, 6.45) is 0.992. The Bertz CT molecular complexity index is 1390. The maximum Gasteiger partial charge on any atom is 0.410 e. The van der Waals surface area contributed by atoms with Crippen LogP contribution in [0.25, 0.3) is 0 Å². The summed E-state index contributed by atoms with van der Waals surface area (Å²) < 4.78 is 10.8. The van der Waals surface area contributed by atoms with Crippen molar-refractivity contribution in [2.24, 2.45) is 23.7 Å². The molecule has 4 fully saturated rings. The van der Waals surface area contributed by atoms with E-state index in [0.717, 1.165) is 17.5 Å². The normalized spacial score (nSPS) is 30.9. The van der Waals surface area contributed by atoms with E-state index >= 15 is 0 Å².